The van der Waals surface area contributed by atoms with Crippen LogP contribution in [0.5, 0.6) is 5.75 Å². The molecule has 0 N–H and O–H groups in total. The molecule has 4 heterocycles. The highest BCUT2D eigenvalue weighted by Crippen LogP contribution is 2.47. The Balaban J connectivity index is 1.83. The van der Waals surface area contributed by atoms with Crippen LogP contribution in [-0.2, 0) is 9.53 Å². The van der Waals surface area contributed by atoms with Crippen LogP contribution in [0.4, 0.5) is 0 Å². The number of benzene rings is 1. The van der Waals surface area contributed by atoms with Gasteiger partial charge in [0.05, 0.1) is 30.2 Å². The summed E-state index contributed by atoms with van der Waals surface area (Å²) in [7, 11) is 1.33. The van der Waals surface area contributed by atoms with Crippen molar-refractivity contribution >= 4 is 23.4 Å². The van der Waals surface area contributed by atoms with Gasteiger partial charge in [-0.15, -0.1) is 0 Å². The van der Waals surface area contributed by atoms with Gasteiger partial charge in [-0.2, -0.15) is 0 Å². The summed E-state index contributed by atoms with van der Waals surface area (Å²) in [5.41, 5.74) is 0.187. The molecule has 28 heavy (non-hydrogen) atoms. The molecule has 3 aromatic rings. The topological polar surface area (TPSA) is 83.0 Å². The normalized spacial score (nSPS) is 25.3. The predicted molar refractivity (Wildman–Crippen MR) is 101 cm³/mol. The van der Waals surface area contributed by atoms with E-state index in [-0.39, 0.29) is 5.56 Å². The van der Waals surface area contributed by atoms with Gasteiger partial charge in [0.15, 0.2) is 4.80 Å². The van der Waals surface area contributed by atoms with E-state index in [1.165, 1.54) is 18.4 Å². The molecule has 0 aliphatic carbocycles. The summed E-state index contributed by atoms with van der Waals surface area (Å²) in [5.74, 6) is -0.619. The molecule has 2 bridgehead atoms. The molecule has 0 spiro atoms. The van der Waals surface area contributed by atoms with Crippen molar-refractivity contribution in [3.63, 3.8) is 0 Å². The molecule has 0 amide bonds. The van der Waals surface area contributed by atoms with Gasteiger partial charge in [-0.3, -0.25) is 14.2 Å². The fourth-order valence-corrected chi connectivity index (χ4v) is 5.04. The van der Waals surface area contributed by atoms with Crippen molar-refractivity contribution in [3.8, 4) is 5.75 Å². The second kappa shape index (κ2) is 5.93. The molecule has 8 heteroatoms. The molecule has 7 nitrogen and oxygen atoms in total. The average molecular weight is 396 g/mol. The fourth-order valence-electron chi connectivity index (χ4n) is 3.94. The average Bonchev–Trinajstić information content (AvgIpc) is 3.28. The molecular weight excluding hydrogens is 380 g/mol. The van der Waals surface area contributed by atoms with E-state index in [1.807, 2.05) is 24.3 Å². The fraction of sp³-hybridized carbons (Fsp3) is 0.250. The van der Waals surface area contributed by atoms with Crippen molar-refractivity contribution in [2.75, 3.05) is 7.11 Å². The maximum Gasteiger partial charge on any atom is 0.317 e. The number of carbonyl (C=O) groups excluding carboxylic acids is 1. The first-order chi connectivity index (χ1) is 13.5. The summed E-state index contributed by atoms with van der Waals surface area (Å²) in [6.07, 6.45) is 4.87. The number of aromatic nitrogens is 1. The van der Waals surface area contributed by atoms with Gasteiger partial charge >= 0.3 is 5.97 Å². The Morgan fingerprint density at radius 1 is 1.36 bits per heavy atom. The zero-order valence-electron chi connectivity index (χ0n) is 15.1. The van der Waals surface area contributed by atoms with E-state index in [0.717, 1.165) is 11.1 Å². The molecular formula is C20H16N2O5S. The van der Waals surface area contributed by atoms with Crippen LogP contribution < -0.4 is 19.6 Å². The van der Waals surface area contributed by atoms with Crippen LogP contribution in [0.3, 0.4) is 0 Å². The lowest BCUT2D eigenvalue weighted by Crippen LogP contribution is -2.58. The van der Waals surface area contributed by atoms with Gasteiger partial charge < -0.3 is 13.9 Å². The Kier molecular flexibility index (Phi) is 3.60. The predicted octanol–water partition coefficient (Wildman–Crippen LogP) is 1.45. The number of esters is 1. The van der Waals surface area contributed by atoms with Crippen LogP contribution in [0, 0.1) is 5.92 Å². The Morgan fingerprint density at radius 3 is 2.93 bits per heavy atom. The van der Waals surface area contributed by atoms with Gasteiger partial charge in [0, 0.05) is 11.1 Å². The smallest absolute Gasteiger partial charge is 0.317 e. The molecule has 0 saturated carbocycles. The summed E-state index contributed by atoms with van der Waals surface area (Å²) >= 11 is 1.27. The van der Waals surface area contributed by atoms with Gasteiger partial charge in [0.2, 0.25) is 5.72 Å². The summed E-state index contributed by atoms with van der Waals surface area (Å²) in [6.45, 7) is 1.75. The van der Waals surface area contributed by atoms with Gasteiger partial charge in [-0.1, -0.05) is 29.5 Å². The molecule has 0 radical (unpaired) electrons. The van der Waals surface area contributed by atoms with Crippen molar-refractivity contribution in [1.82, 2.24) is 4.57 Å². The summed E-state index contributed by atoms with van der Waals surface area (Å²) in [4.78, 5) is 31.1. The molecule has 2 aliphatic heterocycles. The van der Waals surface area contributed by atoms with Crippen LogP contribution in [0.25, 0.3) is 6.08 Å². The molecule has 2 aromatic heterocycles. The third-order valence-corrected chi connectivity index (χ3v) is 6.16. The number of para-hydroxylation sites is 1. The molecule has 5 rings (SSSR count). The lowest BCUT2D eigenvalue weighted by Gasteiger charge is -2.44. The van der Waals surface area contributed by atoms with Crippen LogP contribution >= 0.6 is 11.3 Å². The number of nitrogens with zero attached hydrogens (tertiary/aromatic N) is 2. The third kappa shape index (κ3) is 2.31. The zero-order chi connectivity index (χ0) is 19.5. The van der Waals surface area contributed by atoms with E-state index in [2.05, 4.69) is 4.99 Å². The zero-order valence-corrected chi connectivity index (χ0v) is 15.9. The SMILES string of the molecule is COC(=O)[C@H]1[C@H]2c3ccccc3O[C@]1(C)N=c1s/c(=C\c3ccoc3)c(=O)n12. The Morgan fingerprint density at radius 2 is 2.18 bits per heavy atom. The van der Waals surface area contributed by atoms with Gasteiger partial charge in [-0.25, -0.2) is 4.99 Å². The molecule has 3 atom stereocenters. The van der Waals surface area contributed by atoms with Crippen molar-refractivity contribution in [2.24, 2.45) is 10.9 Å². The van der Waals surface area contributed by atoms with Crippen molar-refractivity contribution in [1.29, 1.82) is 0 Å². The molecule has 1 aromatic carbocycles. The second-order valence-corrected chi connectivity index (χ2v) is 7.89. The maximum atomic E-state index is 13.3. The minimum atomic E-state index is -1.16. The Hall–Kier alpha value is -3.13. The number of fused-ring (bicyclic) bond motifs is 6. The highest BCUT2D eigenvalue weighted by Gasteiger charge is 2.55. The quantitative estimate of drug-likeness (QED) is 0.613. The van der Waals surface area contributed by atoms with Crippen LogP contribution in [-0.4, -0.2) is 23.4 Å². The highest BCUT2D eigenvalue weighted by molar-refractivity contribution is 7.07. The van der Waals surface area contributed by atoms with Crippen LogP contribution in [0.2, 0.25) is 0 Å². The van der Waals surface area contributed by atoms with E-state index in [4.69, 9.17) is 13.9 Å². The number of rotatable bonds is 2. The number of ether oxygens (including phenoxy) is 2. The van der Waals surface area contributed by atoms with E-state index >= 15 is 0 Å². The lowest BCUT2D eigenvalue weighted by atomic mass is 9.81. The first kappa shape index (κ1) is 17.0. The number of furan rings is 1. The molecule has 0 saturated heterocycles. The third-order valence-electron chi connectivity index (χ3n) is 5.18. The Bertz CT molecular complexity index is 1260. The largest absolute Gasteiger partial charge is 0.472 e. The highest BCUT2D eigenvalue weighted by atomic mass is 32.1. The Labute approximate surface area is 163 Å². The molecule has 142 valence electrons. The number of hydrogen-bond acceptors (Lipinski definition) is 7. The minimum Gasteiger partial charge on any atom is -0.472 e. The van der Waals surface area contributed by atoms with E-state index in [9.17, 15) is 9.59 Å². The monoisotopic (exact) mass is 396 g/mol. The number of carbonyl (C=O) groups is 1. The van der Waals surface area contributed by atoms with E-state index in [1.54, 1.807) is 36.2 Å². The number of thiazole rings is 1. The lowest BCUT2D eigenvalue weighted by molar-refractivity contribution is -0.158. The van der Waals surface area contributed by atoms with Crippen molar-refractivity contribution < 1.29 is 18.7 Å². The number of hydrogen-bond donors (Lipinski definition) is 0. The standard InChI is InChI=1S/C20H16N2O5S/c1-20-15(18(24)25-2)16(12-5-3-4-6-13(12)27-20)22-17(23)14(28-19(22)21-20)9-11-7-8-26-10-11/h3-10,15-16H,1-2H3/b14-9-/t15-,16-,20+/m1/s1. The first-order valence-corrected chi connectivity index (χ1v) is 9.54. The van der Waals surface area contributed by atoms with Crippen LogP contribution in [0.15, 0.2) is 57.1 Å². The van der Waals surface area contributed by atoms with Gasteiger partial charge in [-0.05, 0) is 25.1 Å². The molecule has 0 unspecified atom stereocenters. The summed E-state index contributed by atoms with van der Waals surface area (Å²) in [6, 6.07) is 8.63. The second-order valence-electron chi connectivity index (χ2n) is 6.88. The maximum absolute atomic E-state index is 13.3. The van der Waals surface area contributed by atoms with Gasteiger partial charge in [0.25, 0.3) is 5.56 Å². The summed E-state index contributed by atoms with van der Waals surface area (Å²) in [5, 5.41) is 0. The summed E-state index contributed by atoms with van der Waals surface area (Å²) < 4.78 is 18.4. The molecule has 0 fully saturated rings. The first-order valence-electron chi connectivity index (χ1n) is 8.73. The van der Waals surface area contributed by atoms with E-state index < -0.39 is 23.7 Å². The van der Waals surface area contributed by atoms with E-state index in [0.29, 0.717) is 15.1 Å². The molecule has 2 aliphatic rings. The van der Waals surface area contributed by atoms with Gasteiger partial charge in [0.1, 0.15) is 11.7 Å². The minimum absolute atomic E-state index is 0.206. The van der Waals surface area contributed by atoms with Crippen LogP contribution in [0.1, 0.15) is 24.1 Å². The number of methoxy groups -OCH3 is 1. The van der Waals surface area contributed by atoms with Crippen molar-refractivity contribution in [3.05, 3.63) is 73.7 Å². The van der Waals surface area contributed by atoms with Crippen molar-refractivity contribution in [2.45, 2.75) is 18.7 Å².